The van der Waals surface area contributed by atoms with E-state index >= 15 is 0 Å². The molecule has 0 aliphatic heterocycles. The maximum absolute atomic E-state index is 14.1. The largest absolute Gasteiger partial charge is 0.396 e. The molecule has 2 aromatic rings. The van der Waals surface area contributed by atoms with Crippen molar-refractivity contribution in [3.63, 3.8) is 0 Å². The monoisotopic (exact) mass is 268 g/mol. The number of nitrogens with two attached hydrogens (primary N) is 1. The van der Waals surface area contributed by atoms with Gasteiger partial charge in [0.2, 0.25) is 0 Å². The third-order valence-corrected chi connectivity index (χ3v) is 3.16. The Morgan fingerprint density at radius 3 is 2.20 bits per heavy atom. The lowest BCUT2D eigenvalue weighted by Crippen LogP contribution is -2.02. The van der Waals surface area contributed by atoms with Crippen LogP contribution >= 0.6 is 0 Å². The first-order chi connectivity index (χ1) is 9.52. The van der Waals surface area contributed by atoms with Crippen LogP contribution in [0.25, 0.3) is 11.4 Å². The summed E-state index contributed by atoms with van der Waals surface area (Å²) in [6.45, 7) is 7.34. The third-order valence-electron chi connectivity index (χ3n) is 3.16. The van der Waals surface area contributed by atoms with Crippen molar-refractivity contribution in [2.24, 2.45) is 10.7 Å². The van der Waals surface area contributed by atoms with Gasteiger partial charge in [-0.15, -0.1) is 0 Å². The zero-order chi connectivity index (χ0) is 14.7. The molecule has 2 N–H and O–H groups in total. The predicted molar refractivity (Wildman–Crippen MR) is 82.9 cm³/mol. The summed E-state index contributed by atoms with van der Waals surface area (Å²) in [5.74, 6) is -0.345. The molecule has 0 unspecified atom stereocenters. The van der Waals surface area contributed by atoms with E-state index in [9.17, 15) is 4.39 Å². The van der Waals surface area contributed by atoms with E-state index in [-0.39, 0.29) is 5.82 Å². The van der Waals surface area contributed by atoms with Gasteiger partial charge in [-0.25, -0.2) is 4.39 Å². The van der Waals surface area contributed by atoms with Crippen molar-refractivity contribution in [2.45, 2.75) is 13.8 Å². The molecule has 2 rings (SSSR count). The summed E-state index contributed by atoms with van der Waals surface area (Å²) in [5.41, 5.74) is 10.1. The molecule has 0 heterocycles. The van der Waals surface area contributed by atoms with Gasteiger partial charge in [0, 0.05) is 5.56 Å². The average molecular weight is 268 g/mol. The Morgan fingerprint density at radius 2 is 1.65 bits per heavy atom. The molecule has 0 saturated carbocycles. The first-order valence-corrected chi connectivity index (χ1v) is 6.33. The van der Waals surface area contributed by atoms with E-state index in [1.165, 1.54) is 6.07 Å². The van der Waals surface area contributed by atoms with Gasteiger partial charge in [0.25, 0.3) is 0 Å². The van der Waals surface area contributed by atoms with Crippen LogP contribution in [-0.4, -0.2) is 6.72 Å². The first-order valence-electron chi connectivity index (χ1n) is 6.33. The molecule has 0 aliphatic rings. The van der Waals surface area contributed by atoms with Crippen LogP contribution in [0.4, 0.5) is 4.39 Å². The highest BCUT2D eigenvalue weighted by atomic mass is 19.1. The summed E-state index contributed by atoms with van der Waals surface area (Å²) in [5, 5.41) is 0. The smallest absolute Gasteiger partial charge is 0.132 e. The van der Waals surface area contributed by atoms with Crippen LogP contribution in [0.3, 0.4) is 0 Å². The molecule has 0 atom stereocenters. The number of rotatable bonds is 3. The van der Waals surface area contributed by atoms with Crippen LogP contribution in [0.15, 0.2) is 47.5 Å². The molecule has 20 heavy (non-hydrogen) atoms. The Morgan fingerprint density at radius 1 is 1.05 bits per heavy atom. The van der Waals surface area contributed by atoms with Crippen molar-refractivity contribution in [2.75, 3.05) is 0 Å². The normalized spacial score (nSPS) is 11.9. The zero-order valence-corrected chi connectivity index (χ0v) is 11.7. The molecule has 0 spiro atoms. The second-order valence-electron chi connectivity index (χ2n) is 4.77. The molecular weight excluding hydrogens is 251 g/mol. The van der Waals surface area contributed by atoms with Gasteiger partial charge in [0.05, 0.1) is 11.4 Å². The SMILES string of the molecule is C=N/C(=C(\N)c1ccc(C)cc1)c1ccc(C)cc1F. The number of benzene rings is 2. The number of hydrogen-bond donors (Lipinski definition) is 1. The van der Waals surface area contributed by atoms with Crippen molar-refractivity contribution in [3.8, 4) is 0 Å². The van der Waals surface area contributed by atoms with Crippen LogP contribution in [-0.2, 0) is 0 Å². The molecule has 0 aromatic heterocycles. The number of aryl methyl sites for hydroxylation is 2. The minimum absolute atomic E-state index is 0.345. The molecular formula is C17H17FN2. The van der Waals surface area contributed by atoms with Crippen molar-refractivity contribution < 1.29 is 4.39 Å². The molecule has 3 heteroatoms. The lowest BCUT2D eigenvalue weighted by Gasteiger charge is -2.10. The van der Waals surface area contributed by atoms with Gasteiger partial charge in [0.15, 0.2) is 0 Å². The van der Waals surface area contributed by atoms with E-state index in [1.54, 1.807) is 6.07 Å². The summed E-state index contributed by atoms with van der Waals surface area (Å²) in [6, 6.07) is 12.7. The van der Waals surface area contributed by atoms with Gasteiger partial charge < -0.3 is 5.73 Å². The van der Waals surface area contributed by atoms with E-state index in [0.717, 1.165) is 16.7 Å². The number of nitrogens with zero attached hydrogens (tertiary/aromatic N) is 1. The van der Waals surface area contributed by atoms with E-state index in [1.807, 2.05) is 44.2 Å². The molecule has 0 bridgehead atoms. The zero-order valence-electron chi connectivity index (χ0n) is 11.7. The van der Waals surface area contributed by atoms with Crippen LogP contribution in [0, 0.1) is 19.7 Å². The van der Waals surface area contributed by atoms with Gasteiger partial charge in [-0.3, -0.25) is 4.99 Å². The summed E-state index contributed by atoms with van der Waals surface area (Å²) < 4.78 is 14.1. The third kappa shape index (κ3) is 2.77. The number of aliphatic imine (C=N–C) groups is 1. The Bertz CT molecular complexity index is 670. The molecule has 102 valence electrons. The highest BCUT2D eigenvalue weighted by Crippen LogP contribution is 2.26. The maximum Gasteiger partial charge on any atom is 0.132 e. The minimum atomic E-state index is -0.345. The Kier molecular flexibility index (Phi) is 3.99. The minimum Gasteiger partial charge on any atom is -0.396 e. The predicted octanol–water partition coefficient (Wildman–Crippen LogP) is 3.93. The Labute approximate surface area is 118 Å². The summed E-state index contributed by atoms with van der Waals surface area (Å²) in [4.78, 5) is 3.91. The van der Waals surface area contributed by atoms with Crippen LogP contribution in [0.1, 0.15) is 22.3 Å². The summed E-state index contributed by atoms with van der Waals surface area (Å²) >= 11 is 0. The lowest BCUT2D eigenvalue weighted by molar-refractivity contribution is 0.622. The lowest BCUT2D eigenvalue weighted by atomic mass is 10.0. The fourth-order valence-electron chi connectivity index (χ4n) is 2.00. The molecule has 0 aliphatic carbocycles. The molecule has 2 nitrogen and oxygen atoms in total. The van der Waals surface area contributed by atoms with Gasteiger partial charge in [-0.05, 0) is 43.8 Å². The van der Waals surface area contributed by atoms with Gasteiger partial charge in [-0.2, -0.15) is 0 Å². The molecule has 2 aromatic carbocycles. The van der Waals surface area contributed by atoms with Gasteiger partial charge >= 0.3 is 0 Å². The van der Waals surface area contributed by atoms with E-state index in [0.29, 0.717) is 17.0 Å². The maximum atomic E-state index is 14.1. The fraction of sp³-hybridized carbons (Fsp3) is 0.118. The van der Waals surface area contributed by atoms with Crippen molar-refractivity contribution >= 4 is 18.1 Å². The second kappa shape index (κ2) is 5.70. The standard InChI is InChI=1S/C17H17FN2/c1-11-4-7-13(8-5-11)16(19)17(20-3)14-9-6-12(2)10-15(14)18/h4-10H,3,19H2,1-2H3/b17-16-. The Hall–Kier alpha value is -2.42. The van der Waals surface area contributed by atoms with E-state index in [2.05, 4.69) is 11.7 Å². The highest BCUT2D eigenvalue weighted by Gasteiger charge is 2.12. The van der Waals surface area contributed by atoms with Crippen LogP contribution in [0.5, 0.6) is 0 Å². The quantitative estimate of drug-likeness (QED) is 0.665. The highest BCUT2D eigenvalue weighted by molar-refractivity contribution is 5.90. The van der Waals surface area contributed by atoms with Crippen LogP contribution < -0.4 is 5.73 Å². The summed E-state index contributed by atoms with van der Waals surface area (Å²) in [7, 11) is 0. The average Bonchev–Trinajstić information content (AvgIpc) is 2.42. The van der Waals surface area contributed by atoms with Gasteiger partial charge in [-0.1, -0.05) is 35.9 Å². The first kappa shape index (κ1) is 14.0. The van der Waals surface area contributed by atoms with Crippen molar-refractivity contribution in [3.05, 3.63) is 70.5 Å². The van der Waals surface area contributed by atoms with Crippen molar-refractivity contribution in [1.29, 1.82) is 0 Å². The van der Waals surface area contributed by atoms with E-state index < -0.39 is 0 Å². The number of halogens is 1. The molecule has 0 radical (unpaired) electrons. The molecule has 0 saturated heterocycles. The Balaban J connectivity index is 2.57. The molecule has 0 fully saturated rings. The van der Waals surface area contributed by atoms with Crippen molar-refractivity contribution in [1.82, 2.24) is 0 Å². The van der Waals surface area contributed by atoms with Gasteiger partial charge in [0.1, 0.15) is 5.82 Å². The van der Waals surface area contributed by atoms with E-state index in [4.69, 9.17) is 5.73 Å². The van der Waals surface area contributed by atoms with Crippen LogP contribution in [0.2, 0.25) is 0 Å². The summed E-state index contributed by atoms with van der Waals surface area (Å²) in [6.07, 6.45) is 0. The topological polar surface area (TPSA) is 38.4 Å². The second-order valence-corrected chi connectivity index (χ2v) is 4.77. The number of hydrogen-bond acceptors (Lipinski definition) is 2. The molecule has 0 amide bonds. The fourth-order valence-corrected chi connectivity index (χ4v) is 2.00.